The summed E-state index contributed by atoms with van der Waals surface area (Å²) in [4.78, 5) is 22.6. The van der Waals surface area contributed by atoms with Crippen LogP contribution in [-0.2, 0) is 19.1 Å². The lowest BCUT2D eigenvalue weighted by atomic mass is 9.98. The molecule has 0 aromatic carbocycles. The first-order chi connectivity index (χ1) is 13.1. The van der Waals surface area contributed by atoms with Crippen molar-refractivity contribution in [3.05, 3.63) is 23.8 Å². The standard InChI is InChI=1S/C18H28O10/c1-9(11(20)7-13(21)22)5-3-4-6-10(2)17(26)28-18-16(25)15(24)14(23)12(8-19)27-18/h3-4,6,9,11-12,14-16,18-20,23-25H,5,7-8H2,1-2H3,(H,21,22)/b4-3-,10-6+/t9-,11+,12+,14+,15-,16+,18-/m0/s1. The molecule has 0 amide bonds. The maximum atomic E-state index is 12.1. The second-order valence-electron chi connectivity index (χ2n) is 6.76. The fourth-order valence-corrected chi connectivity index (χ4v) is 2.47. The summed E-state index contributed by atoms with van der Waals surface area (Å²) in [6.45, 7) is 2.50. The first-order valence-corrected chi connectivity index (χ1v) is 8.83. The second kappa shape index (κ2) is 11.2. The fraction of sp³-hybridized carbons (Fsp3) is 0.667. The molecule has 7 atom stereocenters. The Hall–Kier alpha value is -1.82. The van der Waals surface area contributed by atoms with Gasteiger partial charge < -0.3 is 40.1 Å². The van der Waals surface area contributed by atoms with Gasteiger partial charge in [0.15, 0.2) is 0 Å². The Morgan fingerprint density at radius 3 is 2.39 bits per heavy atom. The molecule has 10 nitrogen and oxygen atoms in total. The zero-order valence-electron chi connectivity index (χ0n) is 15.7. The van der Waals surface area contributed by atoms with Crippen LogP contribution < -0.4 is 0 Å². The molecule has 0 bridgehead atoms. The number of carbonyl (C=O) groups excluding carboxylic acids is 1. The summed E-state index contributed by atoms with van der Waals surface area (Å²) in [5.41, 5.74) is 0.145. The minimum Gasteiger partial charge on any atom is -0.481 e. The lowest BCUT2D eigenvalue weighted by Gasteiger charge is -2.39. The Labute approximate surface area is 162 Å². The number of hydrogen-bond donors (Lipinski definition) is 6. The predicted octanol–water partition coefficient (Wildman–Crippen LogP) is -1.31. The first kappa shape index (κ1) is 24.2. The van der Waals surface area contributed by atoms with Crippen molar-refractivity contribution < 1.29 is 49.7 Å². The average Bonchev–Trinajstić information content (AvgIpc) is 2.64. The highest BCUT2D eigenvalue weighted by Gasteiger charge is 2.45. The van der Waals surface area contributed by atoms with Crippen LogP contribution >= 0.6 is 0 Å². The number of carboxylic acids is 1. The number of aliphatic hydroxyl groups is 5. The second-order valence-corrected chi connectivity index (χ2v) is 6.76. The van der Waals surface area contributed by atoms with Gasteiger partial charge in [0.05, 0.1) is 19.1 Å². The molecule has 160 valence electrons. The highest BCUT2D eigenvalue weighted by Crippen LogP contribution is 2.22. The topological polar surface area (TPSA) is 174 Å². The van der Waals surface area contributed by atoms with Crippen molar-refractivity contribution in [2.45, 2.75) is 63.5 Å². The van der Waals surface area contributed by atoms with Gasteiger partial charge in [-0.25, -0.2) is 4.79 Å². The van der Waals surface area contributed by atoms with Gasteiger partial charge in [0.1, 0.15) is 24.4 Å². The van der Waals surface area contributed by atoms with Crippen LogP contribution in [-0.4, -0.2) is 86.0 Å². The van der Waals surface area contributed by atoms with Crippen LogP contribution in [0.3, 0.4) is 0 Å². The van der Waals surface area contributed by atoms with E-state index in [1.807, 2.05) is 0 Å². The largest absolute Gasteiger partial charge is 0.481 e. The van der Waals surface area contributed by atoms with E-state index in [-0.39, 0.29) is 17.9 Å². The van der Waals surface area contributed by atoms with E-state index >= 15 is 0 Å². The summed E-state index contributed by atoms with van der Waals surface area (Å²) >= 11 is 0. The molecule has 0 unspecified atom stereocenters. The molecule has 1 aliphatic rings. The number of ether oxygens (including phenoxy) is 2. The smallest absolute Gasteiger partial charge is 0.336 e. The monoisotopic (exact) mass is 404 g/mol. The number of carbonyl (C=O) groups is 2. The van der Waals surface area contributed by atoms with Crippen LogP contribution in [0.4, 0.5) is 0 Å². The van der Waals surface area contributed by atoms with Gasteiger partial charge in [-0.1, -0.05) is 25.2 Å². The van der Waals surface area contributed by atoms with E-state index in [0.717, 1.165) is 0 Å². The van der Waals surface area contributed by atoms with E-state index in [0.29, 0.717) is 6.42 Å². The average molecular weight is 404 g/mol. The molecule has 1 saturated heterocycles. The molecular formula is C18H28O10. The van der Waals surface area contributed by atoms with E-state index in [1.54, 1.807) is 13.0 Å². The third-order valence-electron chi connectivity index (χ3n) is 4.42. The van der Waals surface area contributed by atoms with Crippen molar-refractivity contribution >= 4 is 11.9 Å². The number of allylic oxidation sites excluding steroid dienone is 3. The molecule has 0 aromatic heterocycles. The Balaban J connectivity index is 2.58. The van der Waals surface area contributed by atoms with Gasteiger partial charge in [-0.2, -0.15) is 0 Å². The third kappa shape index (κ3) is 6.97. The van der Waals surface area contributed by atoms with E-state index < -0.39 is 55.4 Å². The number of rotatable bonds is 9. The van der Waals surface area contributed by atoms with Crippen molar-refractivity contribution in [3.8, 4) is 0 Å². The molecule has 1 heterocycles. The van der Waals surface area contributed by atoms with Crippen LogP contribution in [0, 0.1) is 5.92 Å². The first-order valence-electron chi connectivity index (χ1n) is 8.83. The summed E-state index contributed by atoms with van der Waals surface area (Å²) < 4.78 is 10.1. The maximum absolute atomic E-state index is 12.1. The fourth-order valence-electron chi connectivity index (χ4n) is 2.47. The van der Waals surface area contributed by atoms with Crippen LogP contribution in [0.15, 0.2) is 23.8 Å². The Bertz CT molecular complexity index is 585. The molecule has 6 N–H and O–H groups in total. The van der Waals surface area contributed by atoms with E-state index in [4.69, 9.17) is 19.7 Å². The highest BCUT2D eigenvalue weighted by atomic mass is 16.7. The number of hydrogen-bond acceptors (Lipinski definition) is 9. The van der Waals surface area contributed by atoms with Gasteiger partial charge in [0.25, 0.3) is 0 Å². The summed E-state index contributed by atoms with van der Waals surface area (Å²) in [7, 11) is 0. The lowest BCUT2D eigenvalue weighted by Crippen LogP contribution is -2.59. The summed E-state index contributed by atoms with van der Waals surface area (Å²) in [5, 5.41) is 56.6. The van der Waals surface area contributed by atoms with E-state index in [9.17, 15) is 30.0 Å². The molecule has 0 radical (unpaired) electrons. The minimum absolute atomic E-state index is 0.145. The number of aliphatic carboxylic acids is 1. The van der Waals surface area contributed by atoms with E-state index in [1.165, 1.54) is 19.1 Å². The Morgan fingerprint density at radius 2 is 1.82 bits per heavy atom. The summed E-state index contributed by atoms with van der Waals surface area (Å²) in [6, 6.07) is 0. The van der Waals surface area contributed by atoms with Crippen LogP contribution in [0.5, 0.6) is 0 Å². The van der Waals surface area contributed by atoms with Gasteiger partial charge in [-0.05, 0) is 19.3 Å². The third-order valence-corrected chi connectivity index (χ3v) is 4.42. The summed E-state index contributed by atoms with van der Waals surface area (Å²) in [5.74, 6) is -2.22. The minimum atomic E-state index is -1.68. The Morgan fingerprint density at radius 1 is 1.18 bits per heavy atom. The maximum Gasteiger partial charge on any atom is 0.336 e. The van der Waals surface area contributed by atoms with Crippen molar-refractivity contribution in [3.63, 3.8) is 0 Å². The molecule has 10 heteroatoms. The van der Waals surface area contributed by atoms with Gasteiger partial charge in [-0.3, -0.25) is 4.79 Å². The lowest BCUT2D eigenvalue weighted by molar-refractivity contribution is -0.291. The van der Waals surface area contributed by atoms with Crippen LogP contribution in [0.1, 0.15) is 26.7 Å². The number of aliphatic hydroxyl groups excluding tert-OH is 5. The van der Waals surface area contributed by atoms with Crippen molar-refractivity contribution in [1.82, 2.24) is 0 Å². The molecule has 0 spiro atoms. The molecule has 1 fully saturated rings. The summed E-state index contributed by atoms with van der Waals surface area (Å²) in [6.07, 6.45) is -3.95. The number of carboxylic acid groups (broad SMARTS) is 1. The molecule has 1 aliphatic heterocycles. The SMILES string of the molecule is C/C(=C\C=C/C[C@H](C)[C@H](O)CC(=O)O)C(=O)O[C@@H]1O[C@H](CO)[C@@H](O)[C@H](O)[C@H]1O. The molecule has 28 heavy (non-hydrogen) atoms. The predicted molar refractivity (Wildman–Crippen MR) is 94.8 cm³/mol. The van der Waals surface area contributed by atoms with Crippen molar-refractivity contribution in [2.75, 3.05) is 6.61 Å². The van der Waals surface area contributed by atoms with Gasteiger partial charge >= 0.3 is 11.9 Å². The molecule has 0 saturated carbocycles. The van der Waals surface area contributed by atoms with Gasteiger partial charge in [-0.15, -0.1) is 0 Å². The van der Waals surface area contributed by atoms with Crippen molar-refractivity contribution in [2.24, 2.45) is 5.92 Å². The van der Waals surface area contributed by atoms with Crippen LogP contribution in [0.25, 0.3) is 0 Å². The molecular weight excluding hydrogens is 376 g/mol. The van der Waals surface area contributed by atoms with E-state index in [2.05, 4.69) is 0 Å². The highest BCUT2D eigenvalue weighted by molar-refractivity contribution is 5.88. The quantitative estimate of drug-likeness (QED) is 0.154. The zero-order valence-corrected chi connectivity index (χ0v) is 15.7. The van der Waals surface area contributed by atoms with Crippen molar-refractivity contribution in [1.29, 1.82) is 0 Å². The molecule has 0 aromatic rings. The zero-order chi connectivity index (χ0) is 21.4. The van der Waals surface area contributed by atoms with Gasteiger partial charge in [0, 0.05) is 5.57 Å². The number of esters is 1. The van der Waals surface area contributed by atoms with Crippen LogP contribution in [0.2, 0.25) is 0 Å². The molecule has 1 rings (SSSR count). The normalized spacial score (nSPS) is 30.8. The molecule has 0 aliphatic carbocycles. The Kier molecular flexibility index (Phi) is 9.73. The van der Waals surface area contributed by atoms with Gasteiger partial charge in [0.2, 0.25) is 6.29 Å².